The summed E-state index contributed by atoms with van der Waals surface area (Å²) in [6.07, 6.45) is 0. The average Bonchev–Trinajstić information content (AvgIpc) is 3.37. The number of benzene rings is 2. The highest BCUT2D eigenvalue weighted by molar-refractivity contribution is 6.21. The van der Waals surface area contributed by atoms with Gasteiger partial charge in [-0.2, -0.15) is 0 Å². The second-order valence-electron chi connectivity index (χ2n) is 7.97. The molecular weight excluding hydrogens is 370 g/mol. The van der Waals surface area contributed by atoms with E-state index in [1.54, 1.807) is 48.2 Å². The summed E-state index contributed by atoms with van der Waals surface area (Å²) in [5.41, 5.74) is -1.51. The van der Waals surface area contributed by atoms with Crippen molar-refractivity contribution in [2.45, 2.75) is 12.8 Å². The zero-order valence-electron chi connectivity index (χ0n) is 16.1. The molecule has 0 radical (unpaired) electrons. The van der Waals surface area contributed by atoms with Gasteiger partial charge in [-0.15, -0.1) is 0 Å². The van der Waals surface area contributed by atoms with Crippen molar-refractivity contribution in [1.82, 2.24) is 4.90 Å². The number of para-hydroxylation sites is 1. The van der Waals surface area contributed by atoms with Crippen molar-refractivity contribution in [3.05, 3.63) is 65.7 Å². The maximum absolute atomic E-state index is 13.7. The number of nitrogens with zero attached hydrogens (tertiary/aromatic N) is 1. The van der Waals surface area contributed by atoms with Crippen LogP contribution in [0.4, 0.5) is 0 Å². The van der Waals surface area contributed by atoms with Crippen molar-refractivity contribution < 1.29 is 23.9 Å². The Hall–Kier alpha value is -2.99. The van der Waals surface area contributed by atoms with Crippen molar-refractivity contribution in [3.8, 4) is 5.75 Å². The molecule has 0 aromatic heterocycles. The lowest BCUT2D eigenvalue weighted by Crippen LogP contribution is -2.50. The quantitative estimate of drug-likeness (QED) is 0.348. The Labute approximate surface area is 168 Å². The van der Waals surface area contributed by atoms with Crippen LogP contribution in [0.1, 0.15) is 28.8 Å². The molecule has 2 aromatic rings. The minimum Gasteiger partial charge on any atom is -0.425 e. The molecule has 0 spiro atoms. The Morgan fingerprint density at radius 3 is 2.38 bits per heavy atom. The highest BCUT2D eigenvalue weighted by atomic mass is 16.5. The van der Waals surface area contributed by atoms with Gasteiger partial charge in [0, 0.05) is 30.1 Å². The Morgan fingerprint density at radius 2 is 1.66 bits per heavy atom. The molecule has 1 saturated heterocycles. The third kappa shape index (κ3) is 2.23. The summed E-state index contributed by atoms with van der Waals surface area (Å²) >= 11 is 0. The van der Waals surface area contributed by atoms with Gasteiger partial charge < -0.3 is 14.4 Å². The number of fused-ring (bicyclic) bond motifs is 3. The number of hydrogen-bond donors (Lipinski definition) is 0. The number of esters is 1. The van der Waals surface area contributed by atoms with Crippen LogP contribution in [0, 0.1) is 10.8 Å². The highest BCUT2D eigenvalue weighted by Gasteiger charge is 2.88. The lowest BCUT2D eigenvalue weighted by Gasteiger charge is -2.32. The summed E-state index contributed by atoms with van der Waals surface area (Å²) in [4.78, 5) is 42.3. The van der Waals surface area contributed by atoms with Gasteiger partial charge in [0.05, 0.1) is 18.6 Å². The number of morpholine rings is 1. The first-order valence-electron chi connectivity index (χ1n) is 9.81. The van der Waals surface area contributed by atoms with Crippen LogP contribution in [0.25, 0.3) is 0 Å². The largest absolute Gasteiger partial charge is 0.425 e. The van der Waals surface area contributed by atoms with Crippen LogP contribution in [0.15, 0.2) is 54.6 Å². The number of carbonyl (C=O) groups is 3. The molecule has 2 fully saturated rings. The first kappa shape index (κ1) is 18.1. The average molecular weight is 391 g/mol. The normalized spacial score (nSPS) is 30.0. The van der Waals surface area contributed by atoms with E-state index in [1.807, 2.05) is 18.2 Å². The Morgan fingerprint density at radius 1 is 1.00 bits per heavy atom. The summed E-state index contributed by atoms with van der Waals surface area (Å²) < 4.78 is 11.0. The van der Waals surface area contributed by atoms with E-state index in [0.29, 0.717) is 37.6 Å². The van der Waals surface area contributed by atoms with Gasteiger partial charge in [-0.3, -0.25) is 14.4 Å². The van der Waals surface area contributed by atoms with Crippen molar-refractivity contribution in [3.63, 3.8) is 0 Å². The lowest BCUT2D eigenvalue weighted by molar-refractivity contribution is -0.156. The first-order chi connectivity index (χ1) is 14.0. The van der Waals surface area contributed by atoms with Crippen molar-refractivity contribution in [1.29, 1.82) is 0 Å². The molecule has 0 unspecified atom stereocenters. The van der Waals surface area contributed by atoms with Crippen LogP contribution >= 0.6 is 0 Å². The predicted octanol–water partition coefficient (Wildman–Crippen LogP) is 2.44. The maximum atomic E-state index is 13.7. The molecule has 5 rings (SSSR count). The Balaban J connectivity index is 1.66. The number of amides is 1. The van der Waals surface area contributed by atoms with Gasteiger partial charge in [-0.1, -0.05) is 48.5 Å². The molecule has 0 bridgehead atoms. The molecule has 2 aliphatic heterocycles. The minimum absolute atomic E-state index is 0.210. The fraction of sp³-hybridized carbons (Fsp3) is 0.348. The van der Waals surface area contributed by atoms with Crippen LogP contribution < -0.4 is 4.74 Å². The van der Waals surface area contributed by atoms with Crippen LogP contribution in [-0.2, 0) is 14.3 Å². The van der Waals surface area contributed by atoms with E-state index in [4.69, 9.17) is 9.47 Å². The number of carbonyl (C=O) groups excluding carboxylic acids is 3. The van der Waals surface area contributed by atoms with Gasteiger partial charge in [0.25, 0.3) is 0 Å². The second-order valence-corrected chi connectivity index (χ2v) is 7.97. The monoisotopic (exact) mass is 391 g/mol. The van der Waals surface area contributed by atoms with Crippen molar-refractivity contribution in [2.75, 3.05) is 26.3 Å². The fourth-order valence-corrected chi connectivity index (χ4v) is 5.13. The molecule has 3 atom stereocenters. The molecule has 1 amide bonds. The Bertz CT molecular complexity index is 1010. The second kappa shape index (κ2) is 6.26. The van der Waals surface area contributed by atoms with E-state index in [9.17, 15) is 14.4 Å². The van der Waals surface area contributed by atoms with Crippen molar-refractivity contribution in [2.24, 2.45) is 10.8 Å². The summed E-state index contributed by atoms with van der Waals surface area (Å²) in [7, 11) is 0. The number of ketones is 1. The number of rotatable bonds is 3. The van der Waals surface area contributed by atoms with E-state index in [-0.39, 0.29) is 11.7 Å². The fourth-order valence-electron chi connectivity index (χ4n) is 5.13. The lowest BCUT2D eigenvalue weighted by atomic mass is 9.86. The van der Waals surface area contributed by atoms with Gasteiger partial charge in [-0.05, 0) is 13.0 Å². The molecular formula is C23H21NO5. The van der Waals surface area contributed by atoms with Gasteiger partial charge in [0.1, 0.15) is 5.75 Å². The van der Waals surface area contributed by atoms with E-state index in [0.717, 1.165) is 5.56 Å². The smallest absolute Gasteiger partial charge is 0.328 e. The third-order valence-electron chi connectivity index (χ3n) is 6.64. The standard InChI is InChI=1S/C23H21NO5/c1-22(19(25)15-7-3-2-4-8-15)18-16-9-5-6-10-17(16)29-21(27)23(18,22)20(26)24-11-13-28-14-12-24/h2-10,18H,11-14H2,1H3/t18-,22+,23-/m0/s1. The summed E-state index contributed by atoms with van der Waals surface area (Å²) in [6.45, 7) is 3.37. The predicted molar refractivity (Wildman–Crippen MR) is 104 cm³/mol. The molecule has 6 nitrogen and oxygen atoms in total. The molecule has 2 aromatic carbocycles. The van der Waals surface area contributed by atoms with Gasteiger partial charge in [-0.25, -0.2) is 0 Å². The third-order valence-corrected chi connectivity index (χ3v) is 6.64. The van der Waals surface area contributed by atoms with Crippen LogP contribution in [0.3, 0.4) is 0 Å². The van der Waals surface area contributed by atoms with E-state index < -0.39 is 22.7 Å². The van der Waals surface area contributed by atoms with E-state index in [1.165, 1.54) is 0 Å². The number of Topliss-reactive ketones (excluding diaryl/α,β-unsaturated/α-hetero) is 1. The molecule has 0 N–H and O–H groups in total. The molecule has 2 heterocycles. The van der Waals surface area contributed by atoms with Gasteiger partial charge in [0.2, 0.25) is 5.91 Å². The van der Waals surface area contributed by atoms with E-state index >= 15 is 0 Å². The summed E-state index contributed by atoms with van der Waals surface area (Å²) in [5, 5.41) is 0. The summed E-state index contributed by atoms with van der Waals surface area (Å²) in [6, 6.07) is 16.0. The zero-order chi connectivity index (χ0) is 20.2. The van der Waals surface area contributed by atoms with Gasteiger partial charge in [0.15, 0.2) is 11.2 Å². The maximum Gasteiger partial charge on any atom is 0.328 e. The molecule has 29 heavy (non-hydrogen) atoms. The number of ether oxygens (including phenoxy) is 2. The van der Waals surface area contributed by atoms with Crippen LogP contribution in [-0.4, -0.2) is 48.9 Å². The van der Waals surface area contributed by atoms with Gasteiger partial charge >= 0.3 is 5.97 Å². The SMILES string of the molecule is C[C@]1(C(=O)c2ccccc2)[C@@H]2c3ccccc3OC(=O)[C@@]21C(=O)N1CCOCC1. The van der Waals surface area contributed by atoms with Crippen LogP contribution in [0.5, 0.6) is 5.75 Å². The zero-order valence-corrected chi connectivity index (χ0v) is 16.1. The minimum atomic E-state index is -1.54. The topological polar surface area (TPSA) is 72.9 Å². The van der Waals surface area contributed by atoms with Crippen LogP contribution in [0.2, 0.25) is 0 Å². The molecule has 148 valence electrons. The molecule has 6 heteroatoms. The molecule has 1 saturated carbocycles. The van der Waals surface area contributed by atoms with E-state index in [2.05, 4.69) is 0 Å². The molecule has 3 aliphatic rings. The Kier molecular flexibility index (Phi) is 3.90. The first-order valence-corrected chi connectivity index (χ1v) is 9.81. The number of hydrogen-bond acceptors (Lipinski definition) is 5. The summed E-state index contributed by atoms with van der Waals surface area (Å²) in [5.74, 6) is -1.30. The molecule has 1 aliphatic carbocycles. The highest BCUT2D eigenvalue weighted by Crippen LogP contribution is 2.78. The van der Waals surface area contributed by atoms with Crippen molar-refractivity contribution >= 4 is 17.7 Å².